The summed E-state index contributed by atoms with van der Waals surface area (Å²) in [4.78, 5) is 14.6. The molecule has 0 fully saturated rings. The van der Waals surface area contributed by atoms with Gasteiger partial charge in [-0.2, -0.15) is 0 Å². The molecule has 0 amide bonds. The van der Waals surface area contributed by atoms with E-state index in [-0.39, 0.29) is 5.82 Å². The van der Waals surface area contributed by atoms with Crippen LogP contribution in [0.1, 0.15) is 28.9 Å². The number of carboxylic acids is 1. The fourth-order valence-corrected chi connectivity index (χ4v) is 1.16. The Bertz CT molecular complexity index is 315. The van der Waals surface area contributed by atoms with Gasteiger partial charge in [-0.3, -0.25) is 0 Å². The average molecular weight is 168 g/mol. The van der Waals surface area contributed by atoms with Crippen molar-refractivity contribution in [2.45, 2.75) is 20.3 Å². The third-order valence-corrected chi connectivity index (χ3v) is 2.01. The lowest BCUT2D eigenvalue weighted by atomic mass is 10.3. The normalized spacial score (nSPS) is 10.2. The van der Waals surface area contributed by atoms with Crippen molar-refractivity contribution in [2.24, 2.45) is 7.05 Å². The van der Waals surface area contributed by atoms with Crippen molar-refractivity contribution in [2.75, 3.05) is 0 Å². The zero-order valence-corrected chi connectivity index (χ0v) is 7.46. The second-order valence-corrected chi connectivity index (χ2v) is 2.69. The van der Waals surface area contributed by atoms with Crippen molar-refractivity contribution in [3.8, 4) is 0 Å². The number of carboxylic acid groups (broad SMARTS) is 1. The number of hydrogen-bond donors (Lipinski definition) is 1. The maximum atomic E-state index is 10.6. The second kappa shape index (κ2) is 2.97. The first-order chi connectivity index (χ1) is 5.57. The Kier molecular flexibility index (Phi) is 2.17. The molecule has 0 unspecified atom stereocenters. The van der Waals surface area contributed by atoms with Crippen LogP contribution in [0.15, 0.2) is 0 Å². The van der Waals surface area contributed by atoms with Gasteiger partial charge in [0.1, 0.15) is 0 Å². The third-order valence-electron chi connectivity index (χ3n) is 2.01. The highest BCUT2D eigenvalue weighted by Crippen LogP contribution is 2.09. The molecule has 0 aromatic carbocycles. The maximum Gasteiger partial charge on any atom is 0.372 e. The minimum absolute atomic E-state index is 0.115. The Hall–Kier alpha value is -1.32. The van der Waals surface area contributed by atoms with Crippen LogP contribution in [0.4, 0.5) is 0 Å². The van der Waals surface area contributed by atoms with Crippen LogP contribution in [0.25, 0.3) is 0 Å². The molecule has 1 aromatic rings. The van der Waals surface area contributed by atoms with Gasteiger partial charge in [0.25, 0.3) is 0 Å². The van der Waals surface area contributed by atoms with Gasteiger partial charge in [0.2, 0.25) is 5.82 Å². The summed E-state index contributed by atoms with van der Waals surface area (Å²) >= 11 is 0. The van der Waals surface area contributed by atoms with Gasteiger partial charge < -0.3 is 9.67 Å². The van der Waals surface area contributed by atoms with E-state index in [0.29, 0.717) is 0 Å². The first-order valence-corrected chi connectivity index (χ1v) is 3.83. The average Bonchev–Trinajstić information content (AvgIpc) is 2.30. The standard InChI is InChI=1S/C8H12N2O2/c1-4-6-5(2)10(3)7(9-6)8(11)12/h4H2,1-3H3,(H,11,12). The predicted molar refractivity (Wildman–Crippen MR) is 44.3 cm³/mol. The van der Waals surface area contributed by atoms with E-state index in [0.717, 1.165) is 17.8 Å². The van der Waals surface area contributed by atoms with Gasteiger partial charge in [0.05, 0.1) is 5.69 Å². The highest BCUT2D eigenvalue weighted by atomic mass is 16.4. The summed E-state index contributed by atoms with van der Waals surface area (Å²) in [6.07, 6.45) is 0.771. The Morgan fingerprint density at radius 3 is 2.50 bits per heavy atom. The zero-order valence-electron chi connectivity index (χ0n) is 7.46. The molecule has 66 valence electrons. The molecule has 1 N–H and O–H groups in total. The molecule has 0 atom stereocenters. The van der Waals surface area contributed by atoms with Crippen LogP contribution in [-0.4, -0.2) is 20.6 Å². The second-order valence-electron chi connectivity index (χ2n) is 2.69. The molecule has 0 radical (unpaired) electrons. The summed E-state index contributed by atoms with van der Waals surface area (Å²) in [7, 11) is 1.71. The van der Waals surface area contributed by atoms with Crippen molar-refractivity contribution >= 4 is 5.97 Å². The number of imidazole rings is 1. The minimum atomic E-state index is -0.972. The van der Waals surface area contributed by atoms with Gasteiger partial charge in [0.15, 0.2) is 0 Å². The Morgan fingerprint density at radius 1 is 1.67 bits per heavy atom. The predicted octanol–water partition coefficient (Wildman–Crippen LogP) is 0.989. The van der Waals surface area contributed by atoms with Gasteiger partial charge in [-0.15, -0.1) is 0 Å². The first kappa shape index (κ1) is 8.77. The molecule has 0 spiro atoms. The summed E-state index contributed by atoms with van der Waals surface area (Å²) in [5.74, 6) is -0.857. The zero-order chi connectivity index (χ0) is 9.30. The van der Waals surface area contributed by atoms with E-state index in [4.69, 9.17) is 5.11 Å². The maximum absolute atomic E-state index is 10.6. The molecule has 1 aromatic heterocycles. The molecule has 0 aliphatic heterocycles. The molecule has 1 rings (SSSR count). The van der Waals surface area contributed by atoms with E-state index in [2.05, 4.69) is 4.98 Å². The van der Waals surface area contributed by atoms with Gasteiger partial charge in [0, 0.05) is 12.7 Å². The number of nitrogens with zero attached hydrogens (tertiary/aromatic N) is 2. The molecule has 0 bridgehead atoms. The molecule has 0 aliphatic rings. The number of aryl methyl sites for hydroxylation is 1. The van der Waals surface area contributed by atoms with Crippen molar-refractivity contribution in [3.05, 3.63) is 17.2 Å². The molecule has 0 saturated carbocycles. The van der Waals surface area contributed by atoms with Crippen LogP contribution in [0.2, 0.25) is 0 Å². The summed E-state index contributed by atoms with van der Waals surface area (Å²) in [6.45, 7) is 3.83. The quantitative estimate of drug-likeness (QED) is 0.716. The van der Waals surface area contributed by atoms with Crippen molar-refractivity contribution in [3.63, 3.8) is 0 Å². The molecule has 12 heavy (non-hydrogen) atoms. The molecule has 4 heteroatoms. The monoisotopic (exact) mass is 168 g/mol. The number of hydrogen-bond acceptors (Lipinski definition) is 2. The lowest BCUT2D eigenvalue weighted by Crippen LogP contribution is -2.06. The fraction of sp³-hybridized carbons (Fsp3) is 0.500. The van der Waals surface area contributed by atoms with E-state index in [1.165, 1.54) is 0 Å². The van der Waals surface area contributed by atoms with E-state index in [9.17, 15) is 4.79 Å². The van der Waals surface area contributed by atoms with Crippen molar-refractivity contribution < 1.29 is 9.90 Å². The van der Waals surface area contributed by atoms with Gasteiger partial charge in [-0.25, -0.2) is 9.78 Å². The Labute approximate surface area is 70.9 Å². The van der Waals surface area contributed by atoms with Crippen LogP contribution in [0.3, 0.4) is 0 Å². The van der Waals surface area contributed by atoms with E-state index in [1.54, 1.807) is 11.6 Å². The molecular weight excluding hydrogens is 156 g/mol. The van der Waals surface area contributed by atoms with E-state index < -0.39 is 5.97 Å². The van der Waals surface area contributed by atoms with Crippen LogP contribution in [0.5, 0.6) is 0 Å². The van der Waals surface area contributed by atoms with Crippen LogP contribution in [0, 0.1) is 6.92 Å². The SMILES string of the molecule is CCc1nc(C(=O)O)n(C)c1C. The molecule has 0 saturated heterocycles. The fourth-order valence-electron chi connectivity index (χ4n) is 1.16. The number of aromatic carboxylic acids is 1. The van der Waals surface area contributed by atoms with Gasteiger partial charge in [-0.05, 0) is 13.3 Å². The van der Waals surface area contributed by atoms with Crippen molar-refractivity contribution in [1.82, 2.24) is 9.55 Å². The largest absolute Gasteiger partial charge is 0.475 e. The highest BCUT2D eigenvalue weighted by molar-refractivity contribution is 5.83. The lowest BCUT2D eigenvalue weighted by molar-refractivity contribution is 0.0679. The van der Waals surface area contributed by atoms with Crippen molar-refractivity contribution in [1.29, 1.82) is 0 Å². The van der Waals surface area contributed by atoms with Crippen LogP contribution >= 0.6 is 0 Å². The molecule has 0 aliphatic carbocycles. The van der Waals surface area contributed by atoms with Gasteiger partial charge in [-0.1, -0.05) is 6.92 Å². The van der Waals surface area contributed by atoms with E-state index >= 15 is 0 Å². The summed E-state index contributed by atoms with van der Waals surface area (Å²) in [5.41, 5.74) is 1.78. The molecule has 1 heterocycles. The summed E-state index contributed by atoms with van der Waals surface area (Å²) in [5, 5.41) is 8.72. The third kappa shape index (κ3) is 1.20. The molecular formula is C8H12N2O2. The lowest BCUT2D eigenvalue weighted by Gasteiger charge is -1.96. The van der Waals surface area contributed by atoms with Crippen LogP contribution < -0.4 is 0 Å². The van der Waals surface area contributed by atoms with Crippen LogP contribution in [-0.2, 0) is 13.5 Å². The Balaban J connectivity index is 3.25. The smallest absolute Gasteiger partial charge is 0.372 e. The van der Waals surface area contributed by atoms with Gasteiger partial charge >= 0.3 is 5.97 Å². The Morgan fingerprint density at radius 2 is 2.25 bits per heavy atom. The highest BCUT2D eigenvalue weighted by Gasteiger charge is 2.14. The molecule has 4 nitrogen and oxygen atoms in total. The number of carbonyl (C=O) groups is 1. The summed E-state index contributed by atoms with van der Waals surface area (Å²) in [6, 6.07) is 0. The number of rotatable bonds is 2. The minimum Gasteiger partial charge on any atom is -0.475 e. The number of aromatic nitrogens is 2. The van der Waals surface area contributed by atoms with E-state index in [1.807, 2.05) is 13.8 Å². The topological polar surface area (TPSA) is 55.1 Å². The first-order valence-electron chi connectivity index (χ1n) is 3.83. The summed E-state index contributed by atoms with van der Waals surface area (Å²) < 4.78 is 1.60.